The van der Waals surface area contributed by atoms with E-state index in [-0.39, 0.29) is 29.0 Å². The monoisotopic (exact) mass is 490 g/mol. The number of nitrogens with zero attached hydrogens (tertiary/aromatic N) is 3. The summed E-state index contributed by atoms with van der Waals surface area (Å²) in [5.41, 5.74) is 0.352. The molecule has 0 bridgehead atoms. The molecule has 2 aromatic carbocycles. The fourth-order valence-corrected chi connectivity index (χ4v) is 3.88. The third kappa shape index (κ3) is 5.47. The molecule has 0 atom stereocenters. The Morgan fingerprint density at radius 1 is 1.09 bits per heavy atom. The third-order valence-corrected chi connectivity index (χ3v) is 5.98. The molecule has 13 nitrogen and oxygen atoms in total. The van der Waals surface area contributed by atoms with Gasteiger partial charge in [-0.05, 0) is 24.3 Å². The number of nitro benzene ring substituents is 1. The van der Waals surface area contributed by atoms with Crippen molar-refractivity contribution in [1.82, 2.24) is 14.9 Å². The number of non-ortho nitro benzene ring substituents is 1. The molecular weight excluding hydrogens is 472 g/mol. The Bertz CT molecular complexity index is 1310. The highest BCUT2D eigenvalue weighted by atomic mass is 32.2. The second kappa shape index (κ2) is 9.84. The third-order valence-electron chi connectivity index (χ3n) is 4.58. The fraction of sp³-hybridized carbons (Fsp3) is 0.250. The standard InChI is InChI=1S/C20H18N4O9S/c25-19(11-21-34(28,29)15-6-7-16-17(10-15)31-9-1-8-30-16)32-12-18-22-23-20(33-18)13-2-4-14(5-3-13)24(26)27/h2-7,10,21H,1,8-9,11-12H2. The van der Waals surface area contributed by atoms with Gasteiger partial charge < -0.3 is 18.6 Å². The van der Waals surface area contributed by atoms with Crippen LogP contribution in [0.5, 0.6) is 11.5 Å². The lowest BCUT2D eigenvalue weighted by molar-refractivity contribution is -0.384. The van der Waals surface area contributed by atoms with Gasteiger partial charge in [-0.25, -0.2) is 8.42 Å². The molecule has 0 saturated carbocycles. The van der Waals surface area contributed by atoms with Gasteiger partial charge in [-0.15, -0.1) is 10.2 Å². The van der Waals surface area contributed by atoms with Crippen LogP contribution in [0.2, 0.25) is 0 Å². The van der Waals surface area contributed by atoms with Crippen LogP contribution in [0.1, 0.15) is 12.3 Å². The number of nitrogens with one attached hydrogen (secondary N) is 1. The molecule has 1 N–H and O–H groups in total. The molecular formula is C20H18N4O9S. The maximum absolute atomic E-state index is 12.5. The molecule has 0 unspecified atom stereocenters. The highest BCUT2D eigenvalue weighted by molar-refractivity contribution is 7.89. The SMILES string of the molecule is O=C(CNS(=O)(=O)c1ccc2c(c1)OCCCO2)OCc1nnc(-c2ccc([N+](=O)[O-])cc2)o1. The van der Waals surface area contributed by atoms with Crippen molar-refractivity contribution in [2.75, 3.05) is 19.8 Å². The van der Waals surface area contributed by atoms with Gasteiger partial charge in [-0.3, -0.25) is 14.9 Å². The van der Waals surface area contributed by atoms with Gasteiger partial charge in [-0.2, -0.15) is 4.72 Å². The van der Waals surface area contributed by atoms with E-state index in [1.807, 2.05) is 0 Å². The van der Waals surface area contributed by atoms with Crippen LogP contribution in [0.4, 0.5) is 5.69 Å². The van der Waals surface area contributed by atoms with E-state index in [9.17, 15) is 23.3 Å². The Balaban J connectivity index is 1.30. The van der Waals surface area contributed by atoms with Gasteiger partial charge in [0.05, 0.1) is 23.0 Å². The van der Waals surface area contributed by atoms with Crippen molar-refractivity contribution in [1.29, 1.82) is 0 Å². The van der Waals surface area contributed by atoms with E-state index in [1.165, 1.54) is 42.5 Å². The molecule has 1 aliphatic rings. The maximum atomic E-state index is 12.5. The number of rotatable bonds is 8. The van der Waals surface area contributed by atoms with Gasteiger partial charge in [0.25, 0.3) is 11.6 Å². The van der Waals surface area contributed by atoms with Crippen LogP contribution >= 0.6 is 0 Å². The highest BCUT2D eigenvalue weighted by Gasteiger charge is 2.20. The molecule has 0 saturated heterocycles. The van der Waals surface area contributed by atoms with E-state index in [0.29, 0.717) is 36.7 Å². The predicted molar refractivity (Wildman–Crippen MR) is 113 cm³/mol. The Labute approximate surface area is 192 Å². The van der Waals surface area contributed by atoms with Crippen LogP contribution in [0, 0.1) is 10.1 Å². The summed E-state index contributed by atoms with van der Waals surface area (Å²) >= 11 is 0. The van der Waals surface area contributed by atoms with Gasteiger partial charge in [0.15, 0.2) is 18.1 Å². The number of ether oxygens (including phenoxy) is 3. The summed E-state index contributed by atoms with van der Waals surface area (Å²) in [6.45, 7) is -0.138. The first-order chi connectivity index (χ1) is 16.3. The quantitative estimate of drug-likeness (QED) is 0.277. The zero-order valence-electron chi connectivity index (χ0n) is 17.5. The van der Waals surface area contributed by atoms with Crippen molar-refractivity contribution in [3.63, 3.8) is 0 Å². The molecule has 0 aliphatic carbocycles. The normalized spacial score (nSPS) is 13.2. The minimum Gasteiger partial charge on any atom is -0.490 e. The number of benzene rings is 2. The summed E-state index contributed by atoms with van der Waals surface area (Å²) in [4.78, 5) is 22.1. The van der Waals surface area contributed by atoms with Crippen molar-refractivity contribution in [3.05, 3.63) is 58.5 Å². The molecule has 0 fully saturated rings. The molecule has 1 aliphatic heterocycles. The molecule has 0 amide bonds. The summed E-state index contributed by atoms with van der Waals surface area (Å²) in [6.07, 6.45) is 0.677. The van der Waals surface area contributed by atoms with Crippen molar-refractivity contribution in [2.45, 2.75) is 17.9 Å². The summed E-state index contributed by atoms with van der Waals surface area (Å²) in [5, 5.41) is 18.2. The number of fused-ring (bicyclic) bond motifs is 1. The van der Waals surface area contributed by atoms with E-state index < -0.39 is 27.5 Å². The van der Waals surface area contributed by atoms with E-state index in [2.05, 4.69) is 14.9 Å². The molecule has 3 aromatic rings. The van der Waals surface area contributed by atoms with E-state index in [1.54, 1.807) is 0 Å². The number of nitro groups is 1. The smallest absolute Gasteiger partial charge is 0.321 e. The Kier molecular flexibility index (Phi) is 6.70. The number of esters is 1. The van der Waals surface area contributed by atoms with Crippen molar-refractivity contribution >= 4 is 21.7 Å². The van der Waals surface area contributed by atoms with Crippen LogP contribution in [-0.2, 0) is 26.2 Å². The van der Waals surface area contributed by atoms with Crippen molar-refractivity contribution in [2.24, 2.45) is 0 Å². The van der Waals surface area contributed by atoms with Crippen LogP contribution in [-0.4, -0.2) is 49.3 Å². The van der Waals surface area contributed by atoms with Gasteiger partial charge in [0.2, 0.25) is 15.9 Å². The minimum absolute atomic E-state index is 0.0348. The molecule has 0 spiro atoms. The van der Waals surface area contributed by atoms with Crippen molar-refractivity contribution < 1.29 is 36.8 Å². The second-order valence-electron chi connectivity index (χ2n) is 6.95. The summed E-state index contributed by atoms with van der Waals surface area (Å²) in [7, 11) is -4.01. The summed E-state index contributed by atoms with van der Waals surface area (Å²) in [6, 6.07) is 9.62. The number of hydrogen-bond donors (Lipinski definition) is 1. The predicted octanol–water partition coefficient (Wildman–Crippen LogP) is 1.83. The number of hydrogen-bond acceptors (Lipinski definition) is 11. The summed E-state index contributed by atoms with van der Waals surface area (Å²) in [5.74, 6) is -0.0665. The Morgan fingerprint density at radius 3 is 2.56 bits per heavy atom. The number of sulfonamides is 1. The molecule has 1 aromatic heterocycles. The maximum Gasteiger partial charge on any atom is 0.321 e. The van der Waals surface area contributed by atoms with Crippen LogP contribution in [0.15, 0.2) is 51.8 Å². The average molecular weight is 490 g/mol. The average Bonchev–Trinajstić information content (AvgIpc) is 3.18. The van der Waals surface area contributed by atoms with Crippen LogP contribution in [0.3, 0.4) is 0 Å². The Morgan fingerprint density at radius 2 is 1.82 bits per heavy atom. The van der Waals surface area contributed by atoms with Gasteiger partial charge in [0, 0.05) is 30.2 Å². The highest BCUT2D eigenvalue weighted by Crippen LogP contribution is 2.31. The molecule has 14 heteroatoms. The second-order valence-corrected chi connectivity index (χ2v) is 8.72. The lowest BCUT2D eigenvalue weighted by Gasteiger charge is -2.10. The lowest BCUT2D eigenvalue weighted by Crippen LogP contribution is -2.30. The first-order valence-corrected chi connectivity index (χ1v) is 11.4. The van der Waals surface area contributed by atoms with E-state index >= 15 is 0 Å². The Hall–Kier alpha value is -4.04. The minimum atomic E-state index is -4.01. The molecule has 2 heterocycles. The molecule has 0 radical (unpaired) electrons. The van der Waals surface area contributed by atoms with Gasteiger partial charge in [-0.1, -0.05) is 0 Å². The van der Waals surface area contributed by atoms with Gasteiger partial charge in [0.1, 0.15) is 6.54 Å². The molecule has 34 heavy (non-hydrogen) atoms. The first kappa shape index (κ1) is 23.1. The largest absolute Gasteiger partial charge is 0.490 e. The van der Waals surface area contributed by atoms with E-state index in [0.717, 1.165) is 0 Å². The van der Waals surface area contributed by atoms with Crippen LogP contribution < -0.4 is 14.2 Å². The first-order valence-electron chi connectivity index (χ1n) is 9.94. The van der Waals surface area contributed by atoms with Crippen LogP contribution in [0.25, 0.3) is 11.5 Å². The zero-order valence-corrected chi connectivity index (χ0v) is 18.3. The molecule has 178 valence electrons. The number of aromatic nitrogens is 2. The lowest BCUT2D eigenvalue weighted by atomic mass is 10.2. The van der Waals surface area contributed by atoms with E-state index in [4.69, 9.17) is 18.6 Å². The topological polar surface area (TPSA) is 173 Å². The number of carbonyl (C=O) groups is 1. The summed E-state index contributed by atoms with van der Waals surface area (Å²) < 4.78 is 48.5. The fourth-order valence-electron chi connectivity index (χ4n) is 2.90. The van der Waals surface area contributed by atoms with Gasteiger partial charge >= 0.3 is 5.97 Å². The van der Waals surface area contributed by atoms with Crippen molar-refractivity contribution in [3.8, 4) is 23.0 Å². The molecule has 4 rings (SSSR count). The zero-order chi connectivity index (χ0) is 24.1. The number of carbonyl (C=O) groups excluding carboxylic acids is 1.